The molecule has 0 spiro atoms. The number of hydrogen-bond donors (Lipinski definition) is 21. The van der Waals surface area contributed by atoms with E-state index in [2.05, 4.69) is 78.1 Å². The number of nitrogens with zero attached hydrogens (tertiary/aromatic N) is 3. The van der Waals surface area contributed by atoms with Crippen molar-refractivity contribution >= 4 is 105 Å². The van der Waals surface area contributed by atoms with Gasteiger partial charge in [-0.3, -0.25) is 62.9 Å². The first-order valence-electron chi connectivity index (χ1n) is 36.5. The molecule has 0 radical (unpaired) electrons. The third-order valence-electron chi connectivity index (χ3n) is 17.8. The first-order valence-corrected chi connectivity index (χ1v) is 36.5. The van der Waals surface area contributed by atoms with Gasteiger partial charge in [0, 0.05) is 66.7 Å². The standard InChI is InChI=1S/C72H117N23O12/c1-37(2)32-52(89-59(96)46(74)22-17-29-81-70(75)76)63(100)92-57(40(7)8)67(104)95-56(39(5)6)66(103)91-54(34-43-36-85-48-24-14-12-21-45(43)48)64(101)93-58(41(9)10)68(105)94-55(38(3)4)65(102)90-53(33-42-35-84-47-23-13-11-20-44(42)47)62(99)87-49(26-18-30-82-71(77)78)60(97)86-50(27-19-31-83-72(79)80)61(98)88-51(69(106)107)25-15-16-28-73/h11-14,20-21,23-24,35-41,46,49-58,84-85H,15-19,22,25-34,73-74H2,1-10H3,(H,86,97)(H,87,99)(H,88,98)(H,89,96)(H,90,102)(H,91,103)(H,92,100)(H,93,101)(H,94,105)(H,95,104)(H,106,107)(H4,75,76,81)(H4,77,78,82)(H4,79,80,83)/t46-,49-,50-,51-,52-,53-,54-,55-,56-,57-,58-/m0/s1. The fourth-order valence-corrected chi connectivity index (χ4v) is 11.9. The summed E-state index contributed by atoms with van der Waals surface area (Å²) < 4.78 is 0. The fourth-order valence-electron chi connectivity index (χ4n) is 11.9. The number of carboxylic acids is 1. The number of benzene rings is 2. The van der Waals surface area contributed by atoms with E-state index in [4.69, 9.17) is 45.9 Å². The average Bonchev–Trinajstić information content (AvgIpc) is 1.66. The van der Waals surface area contributed by atoms with Gasteiger partial charge in [-0.05, 0) is 124 Å². The van der Waals surface area contributed by atoms with Gasteiger partial charge in [0.15, 0.2) is 17.9 Å². The molecule has 10 amide bonds. The molecule has 0 aliphatic carbocycles. The summed E-state index contributed by atoms with van der Waals surface area (Å²) in [5, 5.41) is 39.0. The number of unbranched alkanes of at least 4 members (excludes halogenated alkanes) is 1. The van der Waals surface area contributed by atoms with Crippen molar-refractivity contribution in [1.82, 2.24) is 63.1 Å². The Bertz CT molecular complexity index is 3710. The quantitative estimate of drug-likeness (QED) is 0.0138. The van der Waals surface area contributed by atoms with Crippen LogP contribution in [0.1, 0.15) is 145 Å². The minimum Gasteiger partial charge on any atom is -0.480 e. The Labute approximate surface area is 624 Å². The van der Waals surface area contributed by atoms with Gasteiger partial charge in [-0.2, -0.15) is 0 Å². The number of aliphatic imine (C=N–C) groups is 3. The van der Waals surface area contributed by atoms with Crippen molar-refractivity contribution in [1.29, 1.82) is 0 Å². The maximum Gasteiger partial charge on any atom is 0.326 e. The number of guanidine groups is 3. The van der Waals surface area contributed by atoms with Crippen molar-refractivity contribution in [2.75, 3.05) is 26.2 Å². The number of nitrogens with one attached hydrogen (secondary N) is 12. The molecule has 29 N–H and O–H groups in total. The van der Waals surface area contributed by atoms with Crippen LogP contribution < -0.4 is 99.0 Å². The van der Waals surface area contributed by atoms with Crippen LogP contribution >= 0.6 is 0 Å². The Morgan fingerprint density at radius 1 is 0.383 bits per heavy atom. The zero-order chi connectivity index (χ0) is 79.8. The maximum absolute atomic E-state index is 15.1. The Morgan fingerprint density at radius 3 is 1.06 bits per heavy atom. The number of carboxylic acid groups (broad SMARTS) is 1. The minimum atomic E-state index is -1.48. The first-order chi connectivity index (χ1) is 50.5. The summed E-state index contributed by atoms with van der Waals surface area (Å²) >= 11 is 0. The van der Waals surface area contributed by atoms with Gasteiger partial charge in [-0.15, -0.1) is 0 Å². The number of aromatic amines is 2. The summed E-state index contributed by atoms with van der Waals surface area (Å²) in [6.07, 6.45) is 4.79. The molecule has 0 bridgehead atoms. The van der Waals surface area contributed by atoms with E-state index in [0.717, 1.165) is 10.9 Å². The van der Waals surface area contributed by atoms with E-state index in [1.165, 1.54) is 0 Å². The highest BCUT2D eigenvalue weighted by Gasteiger charge is 2.39. The van der Waals surface area contributed by atoms with Crippen LogP contribution in [0.5, 0.6) is 0 Å². The zero-order valence-electron chi connectivity index (χ0n) is 63.2. The number of hydrogen-bond acceptors (Lipinski definition) is 16. The molecule has 2 aromatic carbocycles. The van der Waals surface area contributed by atoms with Crippen LogP contribution in [0.2, 0.25) is 0 Å². The van der Waals surface area contributed by atoms with Gasteiger partial charge in [0.1, 0.15) is 60.4 Å². The van der Waals surface area contributed by atoms with Crippen molar-refractivity contribution < 1.29 is 57.8 Å². The lowest BCUT2D eigenvalue weighted by molar-refractivity contribution is -0.142. The third kappa shape index (κ3) is 29.7. The van der Waals surface area contributed by atoms with Crippen LogP contribution in [0, 0.1) is 29.6 Å². The highest BCUT2D eigenvalue weighted by atomic mass is 16.4. The number of carbonyl (C=O) groups excluding carboxylic acids is 10. The Kier molecular flexibility index (Phi) is 36.9. The van der Waals surface area contributed by atoms with E-state index in [1.54, 1.807) is 92.0 Å². The van der Waals surface area contributed by atoms with E-state index in [-0.39, 0.29) is 101 Å². The predicted molar refractivity (Wildman–Crippen MR) is 410 cm³/mol. The van der Waals surface area contributed by atoms with Crippen LogP contribution in [0.25, 0.3) is 21.8 Å². The number of aliphatic carboxylic acids is 1. The van der Waals surface area contributed by atoms with Gasteiger partial charge in [-0.25, -0.2) is 4.79 Å². The van der Waals surface area contributed by atoms with Crippen molar-refractivity contribution in [3.05, 3.63) is 72.1 Å². The van der Waals surface area contributed by atoms with E-state index in [9.17, 15) is 48.3 Å². The number of nitrogens with two attached hydrogens (primary N) is 8. The van der Waals surface area contributed by atoms with Crippen LogP contribution in [-0.2, 0) is 65.6 Å². The van der Waals surface area contributed by atoms with Gasteiger partial charge in [0.25, 0.3) is 0 Å². The number of aromatic nitrogens is 2. The number of para-hydroxylation sites is 2. The Morgan fingerprint density at radius 2 is 0.692 bits per heavy atom. The second-order valence-electron chi connectivity index (χ2n) is 28.6. The molecule has 4 rings (SSSR count). The normalized spacial score (nSPS) is 14.5. The van der Waals surface area contributed by atoms with Gasteiger partial charge in [0.2, 0.25) is 59.1 Å². The molecule has 11 atom stereocenters. The molecule has 35 heteroatoms. The summed E-state index contributed by atoms with van der Waals surface area (Å²) in [4.78, 5) is 176. The second-order valence-corrected chi connectivity index (χ2v) is 28.6. The maximum atomic E-state index is 15.1. The summed E-state index contributed by atoms with van der Waals surface area (Å²) in [6.45, 7) is 17.7. The van der Waals surface area contributed by atoms with Gasteiger partial charge < -0.3 is 114 Å². The molecule has 0 fully saturated rings. The highest BCUT2D eigenvalue weighted by molar-refractivity contribution is 6.00. The molecule has 592 valence electrons. The van der Waals surface area contributed by atoms with Gasteiger partial charge in [-0.1, -0.05) is 106 Å². The molecule has 0 unspecified atom stereocenters. The lowest BCUT2D eigenvalue weighted by Gasteiger charge is -2.31. The Balaban J connectivity index is 1.67. The summed E-state index contributed by atoms with van der Waals surface area (Å²) in [5.41, 5.74) is 47.6. The van der Waals surface area contributed by atoms with Crippen LogP contribution in [0.4, 0.5) is 0 Å². The largest absolute Gasteiger partial charge is 0.480 e. The minimum absolute atomic E-state index is 0.00568. The van der Waals surface area contributed by atoms with Crippen molar-refractivity contribution in [2.24, 2.45) is 90.4 Å². The zero-order valence-corrected chi connectivity index (χ0v) is 63.2. The molecule has 35 nitrogen and oxygen atoms in total. The number of rotatable bonds is 47. The van der Waals surface area contributed by atoms with Gasteiger partial charge >= 0.3 is 5.97 Å². The molecule has 2 heterocycles. The smallest absolute Gasteiger partial charge is 0.326 e. The number of carbonyl (C=O) groups is 11. The number of fused-ring (bicyclic) bond motifs is 2. The number of amides is 10. The molecule has 2 aromatic heterocycles. The van der Waals surface area contributed by atoms with Crippen LogP contribution in [0.3, 0.4) is 0 Å². The first kappa shape index (κ1) is 88.8. The third-order valence-corrected chi connectivity index (χ3v) is 17.8. The molecule has 0 aliphatic heterocycles. The lowest BCUT2D eigenvalue weighted by Crippen LogP contribution is -2.63. The summed E-state index contributed by atoms with van der Waals surface area (Å²) in [7, 11) is 0. The van der Waals surface area contributed by atoms with Crippen molar-refractivity contribution in [3.8, 4) is 0 Å². The monoisotopic (exact) mass is 1500 g/mol. The van der Waals surface area contributed by atoms with E-state index >= 15 is 9.59 Å². The van der Waals surface area contributed by atoms with E-state index in [0.29, 0.717) is 47.8 Å². The fraction of sp³-hybridized carbons (Fsp3) is 0.583. The van der Waals surface area contributed by atoms with Crippen LogP contribution in [-0.4, -0.2) is 191 Å². The summed E-state index contributed by atoms with van der Waals surface area (Å²) in [6, 6.07) is 0.0365. The molecule has 0 aliphatic rings. The Hall–Kier alpha value is -10.6. The highest BCUT2D eigenvalue weighted by Crippen LogP contribution is 2.23. The SMILES string of the molecule is CC(C)C[C@H](NC(=O)[C@@H](N)CCCN=C(N)N)C(=O)N[C@H](C(=O)N[C@H](C(=O)N[C@@H](Cc1c[nH]c2ccccc12)C(=O)N[C@H](C(=O)N[C@H](C(=O)N[C@@H](Cc1c[nH]c2ccccc12)C(=O)N[C@@H](CCCN=C(N)N)C(=O)N[C@@H](CCCN=C(N)N)C(=O)N[C@@H](CCCCN)C(=O)O)C(C)C)C(C)C)C(C)C)C(C)C. The van der Waals surface area contributed by atoms with Crippen molar-refractivity contribution in [2.45, 2.75) is 213 Å². The lowest BCUT2D eigenvalue weighted by atomic mass is 9.97. The average molecular weight is 1500 g/mol. The van der Waals surface area contributed by atoms with E-state index < -0.39 is 155 Å². The summed E-state index contributed by atoms with van der Waals surface area (Å²) in [5.74, 6) is -12.3. The number of H-pyrrole nitrogens is 2. The predicted octanol–water partition coefficient (Wildman–Crippen LogP) is -1.35. The molecular formula is C72H117N23O12. The molecular weight excluding hydrogens is 1380 g/mol. The van der Waals surface area contributed by atoms with Gasteiger partial charge in [0.05, 0.1) is 6.04 Å². The molecule has 4 aromatic rings. The molecule has 107 heavy (non-hydrogen) atoms. The molecule has 0 saturated heterocycles. The van der Waals surface area contributed by atoms with Crippen LogP contribution in [0.15, 0.2) is 75.9 Å². The van der Waals surface area contributed by atoms with Crippen molar-refractivity contribution in [3.63, 3.8) is 0 Å². The van der Waals surface area contributed by atoms with E-state index in [1.807, 2.05) is 38.1 Å². The molecule has 0 saturated carbocycles. The second kappa shape index (κ2) is 44.4. The topological polar surface area (TPSA) is 605 Å².